The Labute approximate surface area is 182 Å². The van der Waals surface area contributed by atoms with Gasteiger partial charge in [0.1, 0.15) is 5.78 Å². The Bertz CT molecular complexity index is 672. The molecule has 0 spiro atoms. The van der Waals surface area contributed by atoms with E-state index >= 15 is 0 Å². The molecule has 10 atom stereocenters. The minimum Gasteiger partial charge on any atom is -0.393 e. The fraction of sp³-hybridized carbons (Fsp3) is 0.962. The number of ether oxygens (including phenoxy) is 2. The van der Waals surface area contributed by atoms with E-state index in [0.29, 0.717) is 47.7 Å². The largest absolute Gasteiger partial charge is 0.393 e. The lowest BCUT2D eigenvalue weighted by molar-refractivity contribution is -0.198. The van der Waals surface area contributed by atoms with Crippen LogP contribution in [0.2, 0.25) is 0 Å². The van der Waals surface area contributed by atoms with Crippen molar-refractivity contribution in [1.29, 1.82) is 0 Å². The van der Waals surface area contributed by atoms with Crippen molar-refractivity contribution >= 4 is 5.78 Å². The van der Waals surface area contributed by atoms with Crippen molar-refractivity contribution in [3.63, 3.8) is 0 Å². The van der Waals surface area contributed by atoms with Gasteiger partial charge in [0, 0.05) is 18.8 Å². The molecule has 0 aromatic carbocycles. The standard InChI is InChI=1S/C26H42O4/c1-5-17-21-14-16(27)8-10-26(21,4)20-9-11-25(3)18(15(2)24-29-12-13-30-24)6-7-19(25)22(20)23(17)28/h15,17-24,28H,5-14H2,1-4H3/t15-,17-,18+,19?,20?,21?,22?,23+,25+,26+/m0/s1. The molecule has 1 aliphatic heterocycles. The van der Waals surface area contributed by atoms with Crippen LogP contribution in [-0.4, -0.2) is 36.5 Å². The number of hydrogen-bond acceptors (Lipinski definition) is 4. The summed E-state index contributed by atoms with van der Waals surface area (Å²) >= 11 is 0. The summed E-state index contributed by atoms with van der Waals surface area (Å²) < 4.78 is 11.8. The molecule has 5 rings (SSSR count). The van der Waals surface area contributed by atoms with Crippen molar-refractivity contribution in [2.75, 3.05) is 13.2 Å². The summed E-state index contributed by atoms with van der Waals surface area (Å²) in [5.74, 6) is 3.65. The third-order valence-corrected chi connectivity index (χ3v) is 11.0. The molecular weight excluding hydrogens is 376 g/mol. The Kier molecular flexibility index (Phi) is 5.39. The Morgan fingerprint density at radius 3 is 2.43 bits per heavy atom. The number of aliphatic hydroxyl groups is 1. The van der Waals surface area contributed by atoms with Crippen LogP contribution in [0.4, 0.5) is 0 Å². The quantitative estimate of drug-likeness (QED) is 0.713. The van der Waals surface area contributed by atoms with E-state index in [2.05, 4.69) is 27.7 Å². The molecule has 4 aliphatic carbocycles. The summed E-state index contributed by atoms with van der Waals surface area (Å²) in [7, 11) is 0. The maximum atomic E-state index is 12.4. The summed E-state index contributed by atoms with van der Waals surface area (Å²) in [5.41, 5.74) is 0.490. The fourth-order valence-corrected chi connectivity index (χ4v) is 9.54. The van der Waals surface area contributed by atoms with Gasteiger partial charge in [-0.25, -0.2) is 0 Å². The third kappa shape index (κ3) is 2.92. The first-order valence-corrected chi connectivity index (χ1v) is 12.7. The average molecular weight is 419 g/mol. The molecule has 4 unspecified atom stereocenters. The van der Waals surface area contributed by atoms with Crippen LogP contribution in [0, 0.1) is 52.3 Å². The van der Waals surface area contributed by atoms with E-state index in [1.807, 2.05) is 0 Å². The predicted molar refractivity (Wildman–Crippen MR) is 116 cm³/mol. The highest BCUT2D eigenvalue weighted by atomic mass is 16.7. The highest BCUT2D eigenvalue weighted by Gasteiger charge is 2.65. The van der Waals surface area contributed by atoms with Gasteiger partial charge in [0.25, 0.3) is 0 Å². The molecule has 5 fully saturated rings. The van der Waals surface area contributed by atoms with Gasteiger partial charge in [-0.3, -0.25) is 4.79 Å². The van der Waals surface area contributed by atoms with Gasteiger partial charge in [-0.1, -0.05) is 34.1 Å². The lowest BCUT2D eigenvalue weighted by atomic mass is 9.41. The van der Waals surface area contributed by atoms with Gasteiger partial charge in [0.05, 0.1) is 19.3 Å². The molecule has 1 heterocycles. The number of fused-ring (bicyclic) bond motifs is 5. The van der Waals surface area contributed by atoms with Gasteiger partial charge in [-0.15, -0.1) is 0 Å². The zero-order valence-electron chi connectivity index (χ0n) is 19.4. The minimum absolute atomic E-state index is 0.0470. The first-order valence-electron chi connectivity index (χ1n) is 12.7. The van der Waals surface area contributed by atoms with Crippen molar-refractivity contribution < 1.29 is 19.4 Å². The molecule has 1 N–H and O–H groups in total. The molecule has 0 radical (unpaired) electrons. The number of ketones is 1. The van der Waals surface area contributed by atoms with Gasteiger partial charge >= 0.3 is 0 Å². The van der Waals surface area contributed by atoms with Crippen molar-refractivity contribution in [1.82, 2.24) is 0 Å². The lowest BCUT2D eigenvalue weighted by Gasteiger charge is -2.64. The number of rotatable bonds is 3. The van der Waals surface area contributed by atoms with Crippen LogP contribution in [0.3, 0.4) is 0 Å². The van der Waals surface area contributed by atoms with Gasteiger partial charge in [-0.2, -0.15) is 0 Å². The predicted octanol–water partition coefficient (Wildman–Crippen LogP) is 4.83. The number of carbonyl (C=O) groups is 1. The Balaban J connectivity index is 1.46. The molecule has 170 valence electrons. The smallest absolute Gasteiger partial charge is 0.160 e. The van der Waals surface area contributed by atoms with Crippen LogP contribution in [0.5, 0.6) is 0 Å². The fourth-order valence-electron chi connectivity index (χ4n) is 9.54. The van der Waals surface area contributed by atoms with Crippen LogP contribution < -0.4 is 0 Å². The zero-order chi connectivity index (χ0) is 21.3. The van der Waals surface area contributed by atoms with Gasteiger partial charge in [0.15, 0.2) is 6.29 Å². The van der Waals surface area contributed by atoms with Crippen LogP contribution in [0.1, 0.15) is 79.1 Å². The summed E-state index contributed by atoms with van der Waals surface area (Å²) in [5, 5.41) is 11.7. The average Bonchev–Trinajstić information content (AvgIpc) is 3.37. The van der Waals surface area contributed by atoms with E-state index < -0.39 is 0 Å². The molecule has 5 aliphatic rings. The van der Waals surface area contributed by atoms with Crippen molar-refractivity contribution in [2.24, 2.45) is 52.3 Å². The third-order valence-electron chi connectivity index (χ3n) is 11.0. The topological polar surface area (TPSA) is 55.8 Å². The van der Waals surface area contributed by atoms with Crippen LogP contribution in [-0.2, 0) is 14.3 Å². The molecule has 0 aromatic rings. The molecule has 4 nitrogen and oxygen atoms in total. The van der Waals surface area contributed by atoms with E-state index in [0.717, 1.165) is 32.5 Å². The summed E-state index contributed by atoms with van der Waals surface area (Å²) in [4.78, 5) is 12.4. The number of carbonyl (C=O) groups excluding carboxylic acids is 1. The van der Waals surface area contributed by atoms with Crippen LogP contribution >= 0.6 is 0 Å². The van der Waals surface area contributed by atoms with E-state index in [-0.39, 0.29) is 29.1 Å². The lowest BCUT2D eigenvalue weighted by Crippen LogP contribution is -2.62. The van der Waals surface area contributed by atoms with Gasteiger partial charge in [0.2, 0.25) is 0 Å². The van der Waals surface area contributed by atoms with Crippen LogP contribution in [0.15, 0.2) is 0 Å². The first-order chi connectivity index (χ1) is 14.3. The highest BCUT2D eigenvalue weighted by Crippen LogP contribution is 2.69. The minimum atomic E-state index is -0.248. The van der Waals surface area contributed by atoms with Crippen molar-refractivity contribution in [2.45, 2.75) is 91.5 Å². The second-order valence-electron chi connectivity index (χ2n) is 11.9. The molecule has 0 bridgehead atoms. The van der Waals surface area contributed by atoms with E-state index in [4.69, 9.17) is 9.47 Å². The Morgan fingerprint density at radius 2 is 1.73 bits per heavy atom. The molecular formula is C26H42O4. The normalized spacial score (nSPS) is 52.6. The molecule has 4 heteroatoms. The second kappa shape index (κ2) is 7.56. The Hall–Kier alpha value is -0.450. The number of Topliss-reactive ketones (excluding diaryl/α,β-unsaturated/α-hetero) is 1. The van der Waals surface area contributed by atoms with Crippen LogP contribution in [0.25, 0.3) is 0 Å². The molecule has 30 heavy (non-hydrogen) atoms. The molecule has 0 amide bonds. The maximum Gasteiger partial charge on any atom is 0.160 e. The van der Waals surface area contributed by atoms with Crippen molar-refractivity contribution in [3.05, 3.63) is 0 Å². The highest BCUT2D eigenvalue weighted by molar-refractivity contribution is 5.79. The van der Waals surface area contributed by atoms with E-state index in [1.165, 1.54) is 25.7 Å². The second-order valence-corrected chi connectivity index (χ2v) is 11.9. The van der Waals surface area contributed by atoms with E-state index in [1.54, 1.807) is 0 Å². The van der Waals surface area contributed by atoms with Gasteiger partial charge < -0.3 is 14.6 Å². The Morgan fingerprint density at radius 1 is 1.03 bits per heavy atom. The summed E-state index contributed by atoms with van der Waals surface area (Å²) in [6, 6.07) is 0. The van der Waals surface area contributed by atoms with Crippen molar-refractivity contribution in [3.8, 4) is 0 Å². The molecule has 4 saturated carbocycles. The zero-order valence-corrected chi connectivity index (χ0v) is 19.4. The first kappa shape index (κ1) is 21.4. The van der Waals surface area contributed by atoms with Gasteiger partial charge in [-0.05, 0) is 78.4 Å². The summed E-state index contributed by atoms with van der Waals surface area (Å²) in [6.07, 6.45) is 8.11. The number of aliphatic hydroxyl groups excluding tert-OH is 1. The molecule has 0 aromatic heterocycles. The monoisotopic (exact) mass is 418 g/mol. The van der Waals surface area contributed by atoms with E-state index in [9.17, 15) is 9.90 Å². The number of hydrogen-bond donors (Lipinski definition) is 1. The maximum absolute atomic E-state index is 12.4. The summed E-state index contributed by atoms with van der Waals surface area (Å²) in [6.45, 7) is 11.0. The molecule has 1 saturated heterocycles. The SMILES string of the molecule is CC[C@H]1C2CC(=O)CC[C@]2(C)C2CC[C@@]3(C)C(CC[C@@H]3[C@H](C)C3OCCO3)C2[C@@H]1O.